The van der Waals surface area contributed by atoms with E-state index in [-0.39, 0.29) is 0 Å². The third-order valence-electron chi connectivity index (χ3n) is 3.62. The summed E-state index contributed by atoms with van der Waals surface area (Å²) >= 11 is 0. The molecular formula is C16H18N2O. The van der Waals surface area contributed by atoms with Gasteiger partial charge < -0.3 is 9.64 Å². The Balaban J connectivity index is 1.88. The molecule has 0 aliphatic carbocycles. The molecular weight excluding hydrogens is 236 g/mol. The largest absolute Gasteiger partial charge is 0.497 e. The summed E-state index contributed by atoms with van der Waals surface area (Å²) < 4.78 is 5.31. The molecule has 3 heteroatoms. The summed E-state index contributed by atoms with van der Waals surface area (Å²) in [6.45, 7) is 3.96. The molecule has 3 nitrogen and oxygen atoms in total. The normalized spacial score (nSPS) is 14.1. The number of pyridine rings is 1. The highest BCUT2D eigenvalue weighted by Crippen LogP contribution is 2.26. The van der Waals surface area contributed by atoms with Gasteiger partial charge in [0, 0.05) is 18.8 Å². The van der Waals surface area contributed by atoms with Crippen LogP contribution in [0.1, 0.15) is 16.8 Å². The Morgan fingerprint density at radius 3 is 2.84 bits per heavy atom. The third-order valence-corrected chi connectivity index (χ3v) is 3.62. The highest BCUT2D eigenvalue weighted by molar-refractivity contribution is 5.46. The summed E-state index contributed by atoms with van der Waals surface area (Å²) in [6.07, 6.45) is 1.06. The molecule has 3 rings (SSSR count). The smallest absolute Gasteiger partial charge is 0.129 e. The zero-order valence-electron chi connectivity index (χ0n) is 11.4. The monoisotopic (exact) mass is 254 g/mol. The predicted octanol–water partition coefficient (Wildman–Crippen LogP) is 2.96. The molecule has 2 aromatic rings. The van der Waals surface area contributed by atoms with Crippen LogP contribution in [0.3, 0.4) is 0 Å². The van der Waals surface area contributed by atoms with Crippen molar-refractivity contribution >= 4 is 5.82 Å². The summed E-state index contributed by atoms with van der Waals surface area (Å²) in [7, 11) is 1.71. The molecule has 0 N–H and O–H groups in total. The van der Waals surface area contributed by atoms with E-state index in [2.05, 4.69) is 34.1 Å². The Hall–Kier alpha value is -2.03. The molecule has 0 spiro atoms. The van der Waals surface area contributed by atoms with Crippen molar-refractivity contribution in [1.29, 1.82) is 0 Å². The van der Waals surface area contributed by atoms with Crippen molar-refractivity contribution < 1.29 is 4.74 Å². The van der Waals surface area contributed by atoms with Gasteiger partial charge in [-0.15, -0.1) is 0 Å². The fourth-order valence-electron chi connectivity index (χ4n) is 2.56. The first-order valence-corrected chi connectivity index (χ1v) is 6.60. The lowest BCUT2D eigenvalue weighted by atomic mass is 9.99. The fraction of sp³-hybridized carbons (Fsp3) is 0.312. The molecule has 98 valence electrons. The number of aromatic nitrogens is 1. The topological polar surface area (TPSA) is 25.4 Å². The van der Waals surface area contributed by atoms with Gasteiger partial charge in [0.15, 0.2) is 0 Å². The van der Waals surface area contributed by atoms with Gasteiger partial charge in [0.25, 0.3) is 0 Å². The Kier molecular flexibility index (Phi) is 3.11. The summed E-state index contributed by atoms with van der Waals surface area (Å²) in [6, 6.07) is 12.5. The quantitative estimate of drug-likeness (QED) is 0.824. The minimum Gasteiger partial charge on any atom is -0.497 e. The molecule has 1 aromatic carbocycles. The SMILES string of the molecule is COc1ccc2c(c1)CN(c1cccc(C)n1)CC2. The van der Waals surface area contributed by atoms with Crippen LogP contribution < -0.4 is 9.64 Å². The van der Waals surface area contributed by atoms with Crippen LogP contribution in [-0.2, 0) is 13.0 Å². The average molecular weight is 254 g/mol. The summed E-state index contributed by atoms with van der Waals surface area (Å²) in [5.41, 5.74) is 3.83. The Bertz CT molecular complexity index is 595. The number of nitrogens with zero attached hydrogens (tertiary/aromatic N) is 2. The first-order chi connectivity index (χ1) is 9.26. The Morgan fingerprint density at radius 2 is 2.05 bits per heavy atom. The van der Waals surface area contributed by atoms with E-state index in [1.807, 2.05) is 19.1 Å². The maximum absolute atomic E-state index is 5.31. The van der Waals surface area contributed by atoms with Gasteiger partial charge in [-0.25, -0.2) is 4.98 Å². The highest BCUT2D eigenvalue weighted by atomic mass is 16.5. The van der Waals surface area contributed by atoms with Gasteiger partial charge in [0.1, 0.15) is 11.6 Å². The molecule has 0 fully saturated rings. The van der Waals surface area contributed by atoms with Crippen LogP contribution >= 0.6 is 0 Å². The van der Waals surface area contributed by atoms with Gasteiger partial charge >= 0.3 is 0 Å². The van der Waals surface area contributed by atoms with Crippen LogP contribution in [0.4, 0.5) is 5.82 Å². The maximum atomic E-state index is 5.31. The maximum Gasteiger partial charge on any atom is 0.129 e. The van der Waals surface area contributed by atoms with Crippen LogP contribution in [0.25, 0.3) is 0 Å². The number of fused-ring (bicyclic) bond motifs is 1. The number of benzene rings is 1. The van der Waals surface area contributed by atoms with E-state index in [4.69, 9.17) is 4.74 Å². The van der Waals surface area contributed by atoms with E-state index in [1.165, 1.54) is 11.1 Å². The van der Waals surface area contributed by atoms with E-state index >= 15 is 0 Å². The molecule has 2 heterocycles. The molecule has 0 radical (unpaired) electrons. The predicted molar refractivity (Wildman–Crippen MR) is 76.7 cm³/mol. The van der Waals surface area contributed by atoms with Gasteiger partial charge in [-0.3, -0.25) is 0 Å². The number of hydrogen-bond acceptors (Lipinski definition) is 3. The molecule has 0 unspecified atom stereocenters. The lowest BCUT2D eigenvalue weighted by Gasteiger charge is -2.30. The molecule has 0 amide bonds. The standard InChI is InChI=1S/C16H18N2O/c1-12-4-3-5-16(17-12)18-9-8-13-6-7-15(19-2)10-14(13)11-18/h3-7,10H,8-9,11H2,1-2H3. The number of rotatable bonds is 2. The molecule has 1 aliphatic rings. The van der Waals surface area contributed by atoms with Gasteiger partial charge in [-0.2, -0.15) is 0 Å². The Morgan fingerprint density at radius 1 is 1.16 bits per heavy atom. The van der Waals surface area contributed by atoms with Crippen molar-refractivity contribution in [3.05, 3.63) is 53.2 Å². The minimum atomic E-state index is 0.906. The van der Waals surface area contributed by atoms with Crippen LogP contribution in [0, 0.1) is 6.92 Å². The number of anilines is 1. The van der Waals surface area contributed by atoms with Crippen molar-refractivity contribution in [3.63, 3.8) is 0 Å². The van der Waals surface area contributed by atoms with Crippen LogP contribution in [0.2, 0.25) is 0 Å². The van der Waals surface area contributed by atoms with Crippen LogP contribution in [0.5, 0.6) is 5.75 Å². The van der Waals surface area contributed by atoms with Gasteiger partial charge in [0.2, 0.25) is 0 Å². The van der Waals surface area contributed by atoms with E-state index in [1.54, 1.807) is 7.11 Å². The zero-order valence-corrected chi connectivity index (χ0v) is 11.4. The first-order valence-electron chi connectivity index (χ1n) is 6.60. The Labute approximate surface area is 113 Å². The summed E-state index contributed by atoms with van der Waals surface area (Å²) in [5.74, 6) is 1.99. The van der Waals surface area contributed by atoms with E-state index in [9.17, 15) is 0 Å². The number of ether oxygens (including phenoxy) is 1. The molecule has 1 aromatic heterocycles. The highest BCUT2D eigenvalue weighted by Gasteiger charge is 2.17. The summed E-state index contributed by atoms with van der Waals surface area (Å²) in [5, 5.41) is 0. The van der Waals surface area contributed by atoms with Crippen molar-refractivity contribution in [3.8, 4) is 5.75 Å². The van der Waals surface area contributed by atoms with Crippen molar-refractivity contribution in [2.45, 2.75) is 19.9 Å². The lowest BCUT2D eigenvalue weighted by Crippen LogP contribution is -2.31. The fourth-order valence-corrected chi connectivity index (χ4v) is 2.56. The van der Waals surface area contributed by atoms with Crippen LogP contribution in [0.15, 0.2) is 36.4 Å². The first kappa shape index (κ1) is 12.0. The second kappa shape index (κ2) is 4.92. The summed E-state index contributed by atoms with van der Waals surface area (Å²) in [4.78, 5) is 6.94. The molecule has 0 saturated carbocycles. The number of hydrogen-bond donors (Lipinski definition) is 0. The number of aryl methyl sites for hydroxylation is 1. The van der Waals surface area contributed by atoms with Gasteiger partial charge in [0.05, 0.1) is 7.11 Å². The van der Waals surface area contributed by atoms with Crippen molar-refractivity contribution in [1.82, 2.24) is 4.98 Å². The molecule has 1 aliphatic heterocycles. The minimum absolute atomic E-state index is 0.906. The molecule has 0 saturated heterocycles. The third kappa shape index (κ3) is 2.41. The lowest BCUT2D eigenvalue weighted by molar-refractivity contribution is 0.413. The molecule has 0 atom stereocenters. The molecule has 19 heavy (non-hydrogen) atoms. The van der Waals surface area contributed by atoms with E-state index in [0.717, 1.165) is 36.8 Å². The molecule has 0 bridgehead atoms. The van der Waals surface area contributed by atoms with Gasteiger partial charge in [-0.1, -0.05) is 12.1 Å². The van der Waals surface area contributed by atoms with Gasteiger partial charge in [-0.05, 0) is 48.7 Å². The second-order valence-electron chi connectivity index (χ2n) is 4.94. The number of methoxy groups -OCH3 is 1. The van der Waals surface area contributed by atoms with Crippen LogP contribution in [-0.4, -0.2) is 18.6 Å². The van der Waals surface area contributed by atoms with Crippen molar-refractivity contribution in [2.24, 2.45) is 0 Å². The van der Waals surface area contributed by atoms with Crippen molar-refractivity contribution in [2.75, 3.05) is 18.6 Å². The van der Waals surface area contributed by atoms with E-state index < -0.39 is 0 Å². The van der Waals surface area contributed by atoms with E-state index in [0.29, 0.717) is 0 Å². The second-order valence-corrected chi connectivity index (χ2v) is 4.94. The average Bonchev–Trinajstić information content (AvgIpc) is 2.46. The zero-order chi connectivity index (χ0) is 13.2.